The minimum atomic E-state index is -0.582. The zero-order chi connectivity index (χ0) is 16.2. The van der Waals surface area contributed by atoms with Gasteiger partial charge in [-0.15, -0.1) is 0 Å². The lowest BCUT2D eigenvalue weighted by Crippen LogP contribution is -2.52. The quantitative estimate of drug-likeness (QED) is 0.729. The van der Waals surface area contributed by atoms with E-state index in [1.54, 1.807) is 0 Å². The molecule has 4 aliphatic carbocycles. The molecule has 0 heterocycles. The molecule has 2 heteroatoms. The Morgan fingerprint density at radius 1 is 0.913 bits per heavy atom. The molecule has 0 aromatic heterocycles. The third-order valence-electron chi connectivity index (χ3n) is 9.20. The molecule has 0 aromatic rings. The molecule has 0 aliphatic heterocycles. The van der Waals surface area contributed by atoms with Crippen LogP contribution in [-0.4, -0.2) is 11.1 Å². The maximum absolute atomic E-state index is 11.3. The molecule has 130 valence electrons. The first-order valence-corrected chi connectivity index (χ1v) is 10.2. The van der Waals surface area contributed by atoms with E-state index in [1.807, 2.05) is 0 Å². The van der Waals surface area contributed by atoms with Crippen LogP contribution in [0.2, 0.25) is 0 Å². The van der Waals surface area contributed by atoms with Gasteiger partial charge in [0.1, 0.15) is 0 Å². The highest BCUT2D eigenvalue weighted by Gasteiger charge is 2.59. The van der Waals surface area contributed by atoms with Crippen LogP contribution >= 0.6 is 0 Å². The molecule has 7 atom stereocenters. The van der Waals surface area contributed by atoms with E-state index in [1.165, 1.54) is 57.8 Å². The van der Waals surface area contributed by atoms with Crippen LogP contribution < -0.4 is 0 Å². The van der Waals surface area contributed by atoms with Gasteiger partial charge in [0.25, 0.3) is 0 Å². The smallest absolute Gasteiger partial charge is 0.303 e. The van der Waals surface area contributed by atoms with Crippen LogP contribution in [0.3, 0.4) is 0 Å². The summed E-state index contributed by atoms with van der Waals surface area (Å²) in [5, 5.41) is 9.31. The van der Waals surface area contributed by atoms with Gasteiger partial charge in [-0.05, 0) is 91.8 Å². The minimum Gasteiger partial charge on any atom is -0.481 e. The summed E-state index contributed by atoms with van der Waals surface area (Å²) < 4.78 is 0. The number of hydrogen-bond donors (Lipinski definition) is 1. The first kappa shape index (κ1) is 16.0. The van der Waals surface area contributed by atoms with E-state index in [0.29, 0.717) is 23.2 Å². The maximum Gasteiger partial charge on any atom is 0.303 e. The van der Waals surface area contributed by atoms with E-state index >= 15 is 0 Å². The van der Waals surface area contributed by atoms with Crippen molar-refractivity contribution in [3.8, 4) is 0 Å². The van der Waals surface area contributed by atoms with Crippen LogP contribution in [0.4, 0.5) is 0 Å². The van der Waals surface area contributed by atoms with Gasteiger partial charge < -0.3 is 5.11 Å². The Labute approximate surface area is 141 Å². The van der Waals surface area contributed by atoms with E-state index in [2.05, 4.69) is 13.8 Å². The van der Waals surface area contributed by atoms with Crippen LogP contribution in [0, 0.1) is 40.4 Å². The molecule has 0 radical (unpaired) electrons. The number of carboxylic acid groups (broad SMARTS) is 1. The maximum atomic E-state index is 11.3. The second-order valence-corrected chi connectivity index (χ2v) is 9.82. The first-order chi connectivity index (χ1) is 10.9. The van der Waals surface area contributed by atoms with Crippen molar-refractivity contribution in [2.24, 2.45) is 40.4 Å². The Kier molecular flexibility index (Phi) is 3.81. The summed E-state index contributed by atoms with van der Waals surface area (Å²) in [5.41, 5.74) is 0.921. The summed E-state index contributed by atoms with van der Waals surface area (Å²) >= 11 is 0. The van der Waals surface area contributed by atoms with Gasteiger partial charge in [-0.2, -0.15) is 0 Å². The number of carbonyl (C=O) groups is 1. The molecule has 0 saturated heterocycles. The van der Waals surface area contributed by atoms with Crippen LogP contribution in [0.5, 0.6) is 0 Å². The van der Waals surface area contributed by atoms with Gasteiger partial charge in [0.05, 0.1) is 0 Å². The average molecular weight is 319 g/mol. The molecule has 0 aromatic carbocycles. The highest BCUT2D eigenvalue weighted by atomic mass is 16.4. The first-order valence-electron chi connectivity index (χ1n) is 10.2. The van der Waals surface area contributed by atoms with Crippen molar-refractivity contribution in [3.63, 3.8) is 0 Å². The molecule has 4 aliphatic rings. The molecule has 23 heavy (non-hydrogen) atoms. The summed E-state index contributed by atoms with van der Waals surface area (Å²) in [6.45, 7) is 5.07. The fourth-order valence-corrected chi connectivity index (χ4v) is 7.95. The van der Waals surface area contributed by atoms with Crippen molar-refractivity contribution < 1.29 is 9.90 Å². The van der Waals surface area contributed by atoms with E-state index in [4.69, 9.17) is 0 Å². The molecule has 0 bridgehead atoms. The topological polar surface area (TPSA) is 37.3 Å². The summed E-state index contributed by atoms with van der Waals surface area (Å²) in [5.74, 6) is 3.48. The van der Waals surface area contributed by atoms with E-state index in [9.17, 15) is 9.90 Å². The lowest BCUT2D eigenvalue weighted by Gasteiger charge is -2.60. The van der Waals surface area contributed by atoms with Crippen molar-refractivity contribution in [3.05, 3.63) is 0 Å². The van der Waals surface area contributed by atoms with Crippen molar-refractivity contribution in [1.29, 1.82) is 0 Å². The Morgan fingerprint density at radius 3 is 2.48 bits per heavy atom. The second kappa shape index (κ2) is 5.49. The summed E-state index contributed by atoms with van der Waals surface area (Å²) in [7, 11) is 0. The SMILES string of the molecule is C[C@]12CC[C@H]3[C@@H](CCC4CCCC[C@@]43C)[C@@H]1CC[C@@H]2CC(=O)O. The highest BCUT2D eigenvalue weighted by molar-refractivity contribution is 5.67. The van der Waals surface area contributed by atoms with Crippen LogP contribution in [0.1, 0.15) is 84.5 Å². The van der Waals surface area contributed by atoms with Crippen molar-refractivity contribution in [2.75, 3.05) is 0 Å². The van der Waals surface area contributed by atoms with Gasteiger partial charge >= 0.3 is 5.97 Å². The lowest BCUT2D eigenvalue weighted by molar-refractivity contribution is -0.141. The van der Waals surface area contributed by atoms with E-state index in [-0.39, 0.29) is 0 Å². The Balaban J connectivity index is 1.59. The molecule has 0 spiro atoms. The Bertz CT molecular complexity index is 486. The Morgan fingerprint density at radius 2 is 1.70 bits per heavy atom. The van der Waals surface area contributed by atoms with Gasteiger partial charge in [-0.25, -0.2) is 0 Å². The normalized spacial score (nSPS) is 52.3. The number of rotatable bonds is 2. The van der Waals surface area contributed by atoms with Crippen LogP contribution in [0.25, 0.3) is 0 Å². The zero-order valence-corrected chi connectivity index (χ0v) is 15.0. The number of fused-ring (bicyclic) bond motifs is 5. The largest absolute Gasteiger partial charge is 0.481 e. The summed E-state index contributed by atoms with van der Waals surface area (Å²) in [4.78, 5) is 11.3. The van der Waals surface area contributed by atoms with Gasteiger partial charge in [0.2, 0.25) is 0 Å². The molecular formula is C21H34O2. The molecule has 4 rings (SSSR count). The fraction of sp³-hybridized carbons (Fsp3) is 0.952. The monoisotopic (exact) mass is 318 g/mol. The third-order valence-corrected chi connectivity index (χ3v) is 9.20. The van der Waals surface area contributed by atoms with Crippen molar-refractivity contribution in [2.45, 2.75) is 84.5 Å². The average Bonchev–Trinajstić information content (AvgIpc) is 2.83. The second-order valence-electron chi connectivity index (χ2n) is 9.82. The number of carboxylic acids is 1. The van der Waals surface area contributed by atoms with E-state index < -0.39 is 5.97 Å². The fourth-order valence-electron chi connectivity index (χ4n) is 7.95. The molecule has 4 fully saturated rings. The Hall–Kier alpha value is -0.530. The summed E-state index contributed by atoms with van der Waals surface area (Å²) in [6.07, 6.45) is 14.3. The standard InChI is InChI=1S/C21H34O2/c1-20-11-4-3-5-14(20)6-8-16-17-9-7-15(13-19(22)23)21(17,2)12-10-18(16)20/h14-18H,3-13H2,1-2H3,(H,22,23)/t14?,15-,16+,17+,18+,20+,21-/m1/s1. The van der Waals surface area contributed by atoms with Gasteiger partial charge in [-0.3, -0.25) is 4.79 Å². The molecular weight excluding hydrogens is 284 g/mol. The van der Waals surface area contributed by atoms with E-state index in [0.717, 1.165) is 30.1 Å². The molecule has 4 saturated carbocycles. The number of aliphatic carboxylic acids is 1. The van der Waals surface area contributed by atoms with Crippen molar-refractivity contribution in [1.82, 2.24) is 0 Å². The molecule has 2 nitrogen and oxygen atoms in total. The van der Waals surface area contributed by atoms with Crippen LogP contribution in [0.15, 0.2) is 0 Å². The predicted octanol–water partition coefficient (Wildman–Crippen LogP) is 5.51. The highest BCUT2D eigenvalue weighted by Crippen LogP contribution is 2.67. The van der Waals surface area contributed by atoms with Gasteiger partial charge in [0.15, 0.2) is 0 Å². The van der Waals surface area contributed by atoms with Crippen molar-refractivity contribution >= 4 is 5.97 Å². The third kappa shape index (κ3) is 2.30. The van der Waals surface area contributed by atoms with Crippen LogP contribution in [-0.2, 0) is 4.79 Å². The minimum absolute atomic E-state index is 0.317. The predicted molar refractivity (Wildman–Crippen MR) is 92.1 cm³/mol. The lowest BCUT2D eigenvalue weighted by atomic mass is 9.45. The molecule has 1 N–H and O–H groups in total. The summed E-state index contributed by atoms with van der Waals surface area (Å²) in [6, 6.07) is 0. The van der Waals surface area contributed by atoms with Gasteiger partial charge in [0, 0.05) is 6.42 Å². The molecule has 1 unspecified atom stereocenters. The van der Waals surface area contributed by atoms with Gasteiger partial charge in [-0.1, -0.05) is 26.7 Å². The zero-order valence-electron chi connectivity index (χ0n) is 15.0. The molecule has 0 amide bonds. The number of hydrogen-bond acceptors (Lipinski definition) is 1.